The van der Waals surface area contributed by atoms with Gasteiger partial charge < -0.3 is 10.5 Å². The molecular formula is C20H14F3N5OS. The van der Waals surface area contributed by atoms with E-state index < -0.39 is 6.36 Å². The average molecular weight is 429 g/mol. The molecular weight excluding hydrogens is 415 g/mol. The normalized spacial score (nSPS) is 12.0. The second kappa shape index (κ2) is 7.64. The molecule has 1 heterocycles. The summed E-state index contributed by atoms with van der Waals surface area (Å²) in [6.45, 7) is 0. The molecule has 10 heteroatoms. The van der Waals surface area contributed by atoms with Crippen molar-refractivity contribution >= 4 is 45.4 Å². The zero-order valence-corrected chi connectivity index (χ0v) is 16.0. The van der Waals surface area contributed by atoms with E-state index >= 15 is 0 Å². The Kier molecular flexibility index (Phi) is 5.00. The highest BCUT2D eigenvalue weighted by atomic mass is 32.1. The fourth-order valence-electron chi connectivity index (χ4n) is 3.09. The number of nitrogens with two attached hydrogens (primary N) is 1. The van der Waals surface area contributed by atoms with Gasteiger partial charge in [-0.2, -0.15) is 5.10 Å². The third-order valence-electron chi connectivity index (χ3n) is 4.29. The van der Waals surface area contributed by atoms with E-state index in [1.807, 2.05) is 30.3 Å². The van der Waals surface area contributed by atoms with Crippen molar-refractivity contribution in [3.8, 4) is 11.4 Å². The van der Waals surface area contributed by atoms with Crippen LogP contribution in [-0.4, -0.2) is 27.2 Å². The maximum atomic E-state index is 12.3. The number of rotatable bonds is 4. The Labute approximate surface area is 173 Å². The zero-order chi connectivity index (χ0) is 21.3. The van der Waals surface area contributed by atoms with Crippen molar-refractivity contribution in [2.24, 2.45) is 10.8 Å². The van der Waals surface area contributed by atoms with Gasteiger partial charge in [-0.15, -0.1) is 13.2 Å². The molecule has 0 fully saturated rings. The van der Waals surface area contributed by atoms with Crippen LogP contribution in [0.5, 0.6) is 5.75 Å². The maximum absolute atomic E-state index is 12.3. The Balaban J connectivity index is 1.67. The molecule has 30 heavy (non-hydrogen) atoms. The number of hydrogen-bond acceptors (Lipinski definition) is 4. The van der Waals surface area contributed by atoms with Crippen LogP contribution in [0.2, 0.25) is 0 Å². The van der Waals surface area contributed by atoms with Gasteiger partial charge in [0.15, 0.2) is 5.11 Å². The monoisotopic (exact) mass is 429 g/mol. The number of benzene rings is 3. The predicted octanol–water partition coefficient (Wildman–Crippen LogP) is 4.24. The summed E-state index contributed by atoms with van der Waals surface area (Å²) < 4.78 is 42.7. The molecule has 1 aromatic heterocycles. The molecule has 0 spiro atoms. The Morgan fingerprint density at radius 3 is 2.60 bits per heavy atom. The van der Waals surface area contributed by atoms with E-state index in [0.717, 1.165) is 27.4 Å². The summed E-state index contributed by atoms with van der Waals surface area (Å²) in [6.07, 6.45) is -1.49. The molecule has 0 unspecified atom stereocenters. The highest BCUT2D eigenvalue weighted by Crippen LogP contribution is 2.28. The molecule has 0 atom stereocenters. The number of fused-ring (bicyclic) bond motifs is 3. The Morgan fingerprint density at radius 1 is 1.13 bits per heavy atom. The lowest BCUT2D eigenvalue weighted by Crippen LogP contribution is -2.23. The lowest BCUT2D eigenvalue weighted by Gasteiger charge is -2.10. The highest BCUT2D eigenvalue weighted by molar-refractivity contribution is 7.80. The van der Waals surface area contributed by atoms with Gasteiger partial charge in [-0.25, -0.2) is 4.98 Å². The summed E-state index contributed by atoms with van der Waals surface area (Å²) >= 11 is 4.70. The van der Waals surface area contributed by atoms with Crippen LogP contribution < -0.4 is 15.9 Å². The first-order valence-electron chi connectivity index (χ1n) is 8.65. The van der Waals surface area contributed by atoms with Gasteiger partial charge in [0.25, 0.3) is 0 Å². The summed E-state index contributed by atoms with van der Waals surface area (Å²) in [7, 11) is 0. The third-order valence-corrected chi connectivity index (χ3v) is 4.38. The lowest BCUT2D eigenvalue weighted by molar-refractivity contribution is -0.274. The minimum atomic E-state index is -4.72. The van der Waals surface area contributed by atoms with Crippen LogP contribution in [0.4, 0.5) is 13.2 Å². The van der Waals surface area contributed by atoms with Gasteiger partial charge in [-0.1, -0.05) is 18.2 Å². The van der Waals surface area contributed by atoms with Crippen LogP contribution in [-0.2, 0) is 0 Å². The SMILES string of the molecule is NC(=S)N/N=C/c1ccc2c(ccc3c2ncn3-c2ccc(OC(F)(F)F)cc2)c1. The molecule has 6 nitrogen and oxygen atoms in total. The lowest BCUT2D eigenvalue weighted by atomic mass is 10.1. The summed E-state index contributed by atoms with van der Waals surface area (Å²) in [4.78, 5) is 4.49. The summed E-state index contributed by atoms with van der Waals surface area (Å²) in [5.41, 5.74) is 10.9. The Hall–Kier alpha value is -3.66. The van der Waals surface area contributed by atoms with Crippen LogP contribution >= 0.6 is 12.2 Å². The number of halogens is 3. The molecule has 0 bridgehead atoms. The molecule has 0 saturated carbocycles. The first-order chi connectivity index (χ1) is 14.3. The molecule has 0 aliphatic carbocycles. The molecule has 3 aromatic carbocycles. The van der Waals surface area contributed by atoms with E-state index in [9.17, 15) is 13.2 Å². The number of imidazole rings is 1. The van der Waals surface area contributed by atoms with E-state index in [1.165, 1.54) is 12.1 Å². The number of ether oxygens (including phenoxy) is 1. The molecule has 152 valence electrons. The van der Waals surface area contributed by atoms with Crippen LogP contribution in [0.1, 0.15) is 5.56 Å². The van der Waals surface area contributed by atoms with Crippen LogP contribution in [0.3, 0.4) is 0 Å². The van der Waals surface area contributed by atoms with E-state index in [4.69, 9.17) is 18.0 Å². The van der Waals surface area contributed by atoms with Crippen molar-refractivity contribution in [2.75, 3.05) is 0 Å². The van der Waals surface area contributed by atoms with Crippen molar-refractivity contribution in [1.29, 1.82) is 0 Å². The topological polar surface area (TPSA) is 77.5 Å². The van der Waals surface area contributed by atoms with Gasteiger partial charge in [-0.05, 0) is 59.6 Å². The van der Waals surface area contributed by atoms with Crippen molar-refractivity contribution < 1.29 is 17.9 Å². The smallest absolute Gasteiger partial charge is 0.406 e. The minimum Gasteiger partial charge on any atom is -0.406 e. The molecule has 0 aliphatic heterocycles. The zero-order valence-electron chi connectivity index (χ0n) is 15.2. The number of hydrazone groups is 1. The van der Waals surface area contributed by atoms with Gasteiger partial charge >= 0.3 is 6.36 Å². The first kappa shape index (κ1) is 19.6. The largest absolute Gasteiger partial charge is 0.573 e. The van der Waals surface area contributed by atoms with Crippen LogP contribution in [0.15, 0.2) is 66.0 Å². The first-order valence-corrected chi connectivity index (χ1v) is 9.05. The van der Waals surface area contributed by atoms with Crippen molar-refractivity contribution in [3.05, 3.63) is 66.5 Å². The predicted molar refractivity (Wildman–Crippen MR) is 113 cm³/mol. The maximum Gasteiger partial charge on any atom is 0.573 e. The van der Waals surface area contributed by atoms with Gasteiger partial charge in [0, 0.05) is 11.1 Å². The van der Waals surface area contributed by atoms with E-state index in [1.54, 1.807) is 29.2 Å². The number of thiocarbonyl (C=S) groups is 1. The van der Waals surface area contributed by atoms with E-state index in [-0.39, 0.29) is 10.9 Å². The molecule has 0 aliphatic rings. The van der Waals surface area contributed by atoms with Crippen molar-refractivity contribution in [1.82, 2.24) is 15.0 Å². The third kappa shape index (κ3) is 4.18. The van der Waals surface area contributed by atoms with Crippen LogP contribution in [0, 0.1) is 0 Å². The van der Waals surface area contributed by atoms with Crippen LogP contribution in [0.25, 0.3) is 27.5 Å². The van der Waals surface area contributed by atoms with E-state index in [2.05, 4.69) is 20.2 Å². The molecule has 4 rings (SSSR count). The van der Waals surface area contributed by atoms with Gasteiger partial charge in [-0.3, -0.25) is 9.99 Å². The highest BCUT2D eigenvalue weighted by Gasteiger charge is 2.31. The number of alkyl halides is 3. The fourth-order valence-corrected chi connectivity index (χ4v) is 3.15. The molecule has 3 N–H and O–H groups in total. The average Bonchev–Trinajstić information content (AvgIpc) is 3.11. The molecule has 4 aromatic rings. The summed E-state index contributed by atoms with van der Waals surface area (Å²) in [6, 6.07) is 15.2. The second-order valence-corrected chi connectivity index (χ2v) is 6.74. The van der Waals surface area contributed by atoms with Crippen molar-refractivity contribution in [3.63, 3.8) is 0 Å². The van der Waals surface area contributed by atoms with E-state index in [0.29, 0.717) is 5.69 Å². The molecule has 0 radical (unpaired) electrons. The Morgan fingerprint density at radius 2 is 1.90 bits per heavy atom. The number of nitrogens with one attached hydrogen (secondary N) is 1. The van der Waals surface area contributed by atoms with Crippen molar-refractivity contribution in [2.45, 2.75) is 6.36 Å². The Bertz CT molecular complexity index is 1270. The second-order valence-electron chi connectivity index (χ2n) is 6.30. The number of hydrogen-bond donors (Lipinski definition) is 2. The molecule has 0 amide bonds. The fraction of sp³-hybridized carbons (Fsp3) is 0.0500. The number of aromatic nitrogens is 2. The number of nitrogens with zero attached hydrogens (tertiary/aromatic N) is 3. The summed E-state index contributed by atoms with van der Waals surface area (Å²) in [5, 5.41) is 5.91. The standard InChI is InChI=1S/C20H14F3N5OS/c21-20(22,23)29-15-5-3-14(4-6-15)28-11-25-18-16-7-1-12(10-26-27-19(24)30)9-13(16)2-8-17(18)28/h1-11H,(H3,24,27,30)/b26-10+. The quantitative estimate of drug-likeness (QED) is 0.288. The summed E-state index contributed by atoms with van der Waals surface area (Å²) in [5.74, 6) is -0.278. The van der Waals surface area contributed by atoms with Gasteiger partial charge in [0.05, 0.1) is 17.2 Å². The minimum absolute atomic E-state index is 0.0808. The van der Waals surface area contributed by atoms with Gasteiger partial charge in [0.1, 0.15) is 12.1 Å². The van der Waals surface area contributed by atoms with Gasteiger partial charge in [0.2, 0.25) is 0 Å². The molecule has 0 saturated heterocycles.